The molecule has 0 N–H and O–H groups in total. The Morgan fingerprint density at radius 2 is 2.11 bits per heavy atom. The van der Waals surface area contributed by atoms with Crippen LogP contribution in [-0.2, 0) is 15.9 Å². The molecule has 4 heteroatoms. The maximum Gasteiger partial charge on any atom is 0.231 e. The first-order chi connectivity index (χ1) is 9.18. The van der Waals surface area contributed by atoms with Crippen LogP contribution in [0.25, 0.3) is 0 Å². The summed E-state index contributed by atoms with van der Waals surface area (Å²) in [4.78, 5) is 0. The van der Waals surface area contributed by atoms with Crippen LogP contribution in [0.5, 0.6) is 11.5 Å². The maximum absolute atomic E-state index is 6.02. The molecular formula is C15H20O4. The van der Waals surface area contributed by atoms with Crippen molar-refractivity contribution < 1.29 is 18.9 Å². The molecule has 0 aliphatic carbocycles. The normalized spacial score (nSPS) is 28.8. The number of benzene rings is 1. The molecule has 0 bridgehead atoms. The summed E-state index contributed by atoms with van der Waals surface area (Å²) in [6, 6.07) is 6.05. The Morgan fingerprint density at radius 3 is 2.95 bits per heavy atom. The molecule has 1 saturated heterocycles. The molecule has 0 radical (unpaired) electrons. The highest BCUT2D eigenvalue weighted by atomic mass is 16.7. The van der Waals surface area contributed by atoms with Gasteiger partial charge in [0, 0.05) is 12.8 Å². The van der Waals surface area contributed by atoms with Crippen LogP contribution in [0.15, 0.2) is 18.2 Å². The first-order valence-electron chi connectivity index (χ1n) is 6.89. The fraction of sp³-hybridized carbons (Fsp3) is 0.600. The zero-order valence-corrected chi connectivity index (χ0v) is 11.5. The van der Waals surface area contributed by atoms with Gasteiger partial charge in [0.2, 0.25) is 6.79 Å². The van der Waals surface area contributed by atoms with E-state index in [0.29, 0.717) is 13.4 Å². The highest BCUT2D eigenvalue weighted by Crippen LogP contribution is 2.34. The Bertz CT molecular complexity index is 459. The van der Waals surface area contributed by atoms with Gasteiger partial charge in [-0.05, 0) is 24.6 Å². The monoisotopic (exact) mass is 264 g/mol. The minimum atomic E-state index is -0.407. The summed E-state index contributed by atoms with van der Waals surface area (Å²) in [6.45, 7) is 5.14. The van der Waals surface area contributed by atoms with Crippen LogP contribution in [0.1, 0.15) is 32.3 Å². The van der Waals surface area contributed by atoms with E-state index in [9.17, 15) is 0 Å². The molecule has 2 unspecified atom stereocenters. The summed E-state index contributed by atoms with van der Waals surface area (Å²) in [5.74, 6) is 1.24. The van der Waals surface area contributed by atoms with E-state index in [4.69, 9.17) is 18.9 Å². The average molecular weight is 264 g/mol. The van der Waals surface area contributed by atoms with Gasteiger partial charge >= 0.3 is 0 Å². The van der Waals surface area contributed by atoms with E-state index < -0.39 is 5.79 Å². The molecule has 1 fully saturated rings. The Hall–Kier alpha value is -1.26. The maximum atomic E-state index is 6.02. The fourth-order valence-electron chi connectivity index (χ4n) is 2.71. The lowest BCUT2D eigenvalue weighted by Gasteiger charge is -2.22. The molecular weight excluding hydrogens is 244 g/mol. The van der Waals surface area contributed by atoms with Crippen molar-refractivity contribution in [2.24, 2.45) is 0 Å². The van der Waals surface area contributed by atoms with Gasteiger partial charge in [-0.1, -0.05) is 19.4 Å². The molecule has 1 aromatic carbocycles. The third-order valence-electron chi connectivity index (χ3n) is 3.59. The van der Waals surface area contributed by atoms with Crippen molar-refractivity contribution >= 4 is 0 Å². The number of hydrogen-bond donors (Lipinski definition) is 0. The van der Waals surface area contributed by atoms with Crippen LogP contribution >= 0.6 is 0 Å². The molecule has 2 atom stereocenters. The van der Waals surface area contributed by atoms with Crippen LogP contribution in [-0.4, -0.2) is 25.3 Å². The first-order valence-corrected chi connectivity index (χ1v) is 6.89. The van der Waals surface area contributed by atoms with E-state index in [1.165, 1.54) is 5.56 Å². The van der Waals surface area contributed by atoms with Crippen LogP contribution in [0.2, 0.25) is 0 Å². The highest BCUT2D eigenvalue weighted by molar-refractivity contribution is 5.44. The van der Waals surface area contributed by atoms with E-state index in [1.807, 2.05) is 19.1 Å². The summed E-state index contributed by atoms with van der Waals surface area (Å²) in [5.41, 5.74) is 1.19. The van der Waals surface area contributed by atoms with Gasteiger partial charge in [0.15, 0.2) is 17.3 Å². The van der Waals surface area contributed by atoms with Gasteiger partial charge in [0.05, 0.1) is 12.7 Å². The van der Waals surface area contributed by atoms with E-state index in [2.05, 4.69) is 13.0 Å². The number of fused-ring (bicyclic) bond motifs is 1. The van der Waals surface area contributed by atoms with E-state index in [-0.39, 0.29) is 6.10 Å². The topological polar surface area (TPSA) is 36.9 Å². The van der Waals surface area contributed by atoms with Crippen LogP contribution in [0.4, 0.5) is 0 Å². The van der Waals surface area contributed by atoms with Gasteiger partial charge in [0.25, 0.3) is 0 Å². The quantitative estimate of drug-likeness (QED) is 0.838. The average Bonchev–Trinajstić information content (AvgIpc) is 2.96. The number of hydrogen-bond acceptors (Lipinski definition) is 4. The SMILES string of the molecule is CCCC1(C)OCC(Cc2ccc3c(c2)OCO3)O1. The Labute approximate surface area is 113 Å². The van der Waals surface area contributed by atoms with Crippen molar-refractivity contribution in [2.75, 3.05) is 13.4 Å². The molecule has 19 heavy (non-hydrogen) atoms. The van der Waals surface area contributed by atoms with Crippen LogP contribution in [0.3, 0.4) is 0 Å². The molecule has 4 nitrogen and oxygen atoms in total. The summed E-state index contributed by atoms with van der Waals surface area (Å²) in [7, 11) is 0. The highest BCUT2D eigenvalue weighted by Gasteiger charge is 2.36. The summed E-state index contributed by atoms with van der Waals surface area (Å²) < 4.78 is 22.5. The fourth-order valence-corrected chi connectivity index (χ4v) is 2.71. The molecule has 2 aliphatic rings. The van der Waals surface area contributed by atoms with Gasteiger partial charge in [-0.3, -0.25) is 0 Å². The first kappa shape index (κ1) is 12.8. The Morgan fingerprint density at radius 1 is 1.26 bits per heavy atom. The van der Waals surface area contributed by atoms with Gasteiger partial charge in [-0.15, -0.1) is 0 Å². The largest absolute Gasteiger partial charge is 0.454 e. The molecule has 0 amide bonds. The van der Waals surface area contributed by atoms with Crippen molar-refractivity contribution in [1.82, 2.24) is 0 Å². The number of ether oxygens (including phenoxy) is 4. The van der Waals surface area contributed by atoms with Crippen molar-refractivity contribution in [3.63, 3.8) is 0 Å². The zero-order valence-electron chi connectivity index (χ0n) is 11.5. The predicted molar refractivity (Wildman–Crippen MR) is 70.4 cm³/mol. The second-order valence-corrected chi connectivity index (χ2v) is 5.33. The lowest BCUT2D eigenvalue weighted by atomic mass is 10.1. The van der Waals surface area contributed by atoms with E-state index in [0.717, 1.165) is 30.8 Å². The third kappa shape index (κ3) is 2.69. The van der Waals surface area contributed by atoms with E-state index >= 15 is 0 Å². The van der Waals surface area contributed by atoms with Gasteiger partial charge in [-0.25, -0.2) is 0 Å². The second kappa shape index (κ2) is 5.02. The minimum absolute atomic E-state index is 0.122. The molecule has 0 spiro atoms. The Kier molecular flexibility index (Phi) is 3.37. The molecule has 0 saturated carbocycles. The van der Waals surface area contributed by atoms with Gasteiger partial charge in [-0.2, -0.15) is 0 Å². The van der Waals surface area contributed by atoms with Crippen molar-refractivity contribution in [3.05, 3.63) is 23.8 Å². The predicted octanol–water partition coefficient (Wildman–Crippen LogP) is 2.89. The van der Waals surface area contributed by atoms with E-state index in [1.54, 1.807) is 0 Å². The van der Waals surface area contributed by atoms with Gasteiger partial charge < -0.3 is 18.9 Å². The van der Waals surface area contributed by atoms with Crippen molar-refractivity contribution in [2.45, 2.75) is 45.0 Å². The van der Waals surface area contributed by atoms with Crippen LogP contribution < -0.4 is 9.47 Å². The third-order valence-corrected chi connectivity index (χ3v) is 3.59. The lowest BCUT2D eigenvalue weighted by molar-refractivity contribution is -0.158. The second-order valence-electron chi connectivity index (χ2n) is 5.33. The Balaban J connectivity index is 1.63. The summed E-state index contributed by atoms with van der Waals surface area (Å²) in [6.07, 6.45) is 2.96. The lowest BCUT2D eigenvalue weighted by Crippen LogP contribution is -2.26. The molecule has 1 aromatic rings. The minimum Gasteiger partial charge on any atom is -0.454 e. The molecule has 104 valence electrons. The number of rotatable bonds is 4. The van der Waals surface area contributed by atoms with Crippen molar-refractivity contribution in [1.29, 1.82) is 0 Å². The summed E-state index contributed by atoms with van der Waals surface area (Å²) in [5, 5.41) is 0. The zero-order chi connectivity index (χ0) is 13.3. The molecule has 0 aromatic heterocycles. The molecule has 2 aliphatic heterocycles. The smallest absolute Gasteiger partial charge is 0.231 e. The molecule has 2 heterocycles. The molecule has 3 rings (SSSR count). The van der Waals surface area contributed by atoms with Gasteiger partial charge in [0.1, 0.15) is 0 Å². The van der Waals surface area contributed by atoms with Crippen LogP contribution in [0, 0.1) is 0 Å². The van der Waals surface area contributed by atoms with Crippen molar-refractivity contribution in [3.8, 4) is 11.5 Å². The summed E-state index contributed by atoms with van der Waals surface area (Å²) >= 11 is 0. The standard InChI is InChI=1S/C15H20O4/c1-3-6-15(2)18-9-12(19-15)7-11-4-5-13-14(8-11)17-10-16-13/h4-5,8,12H,3,6-7,9-10H2,1-2H3.